The third-order valence-corrected chi connectivity index (χ3v) is 4.11. The first-order valence-corrected chi connectivity index (χ1v) is 7.21. The largest absolute Gasteiger partial charge is 0.369 e. The predicted molar refractivity (Wildman–Crippen MR) is 73.5 cm³/mol. The van der Waals surface area contributed by atoms with Crippen molar-refractivity contribution in [3.63, 3.8) is 0 Å². The number of thiazole rings is 1. The molecule has 1 unspecified atom stereocenters. The van der Waals surface area contributed by atoms with E-state index in [0.717, 1.165) is 44.2 Å². The third-order valence-electron chi connectivity index (χ3n) is 3.17. The molecule has 1 amide bonds. The van der Waals surface area contributed by atoms with Gasteiger partial charge in [0.15, 0.2) is 5.13 Å². The van der Waals surface area contributed by atoms with Crippen LogP contribution in [0.2, 0.25) is 0 Å². The number of nitrogens with one attached hydrogen (secondary N) is 1. The van der Waals surface area contributed by atoms with Crippen molar-refractivity contribution in [1.29, 1.82) is 0 Å². The first-order chi connectivity index (χ1) is 8.69. The lowest BCUT2D eigenvalue weighted by molar-refractivity contribution is -0.123. The number of carbonyl (C=O) groups is 1. The van der Waals surface area contributed by atoms with Gasteiger partial charge in [0.2, 0.25) is 5.91 Å². The highest BCUT2D eigenvalue weighted by atomic mass is 32.1. The lowest BCUT2D eigenvalue weighted by Crippen LogP contribution is -2.40. The topological polar surface area (TPSA) is 71.2 Å². The highest BCUT2D eigenvalue weighted by molar-refractivity contribution is 7.15. The molecule has 100 valence electrons. The molecule has 0 aromatic carbocycles. The van der Waals surface area contributed by atoms with E-state index >= 15 is 0 Å². The van der Waals surface area contributed by atoms with E-state index in [4.69, 9.17) is 5.73 Å². The van der Waals surface area contributed by atoms with Gasteiger partial charge >= 0.3 is 0 Å². The van der Waals surface area contributed by atoms with Gasteiger partial charge in [-0.15, -0.1) is 11.3 Å². The molecular formula is C12H20N4OS. The molecule has 1 atom stereocenters. The van der Waals surface area contributed by atoms with Gasteiger partial charge in [0.05, 0.1) is 5.92 Å². The normalized spacial score (nSPS) is 20.8. The molecule has 0 aliphatic carbocycles. The SMILES string of the molecule is CCNc1ncc(CN2CCCC(C(N)=O)C2)s1. The van der Waals surface area contributed by atoms with Crippen LogP contribution in [0, 0.1) is 5.92 Å². The van der Waals surface area contributed by atoms with Crippen molar-refractivity contribution in [2.75, 3.05) is 25.0 Å². The highest BCUT2D eigenvalue weighted by Crippen LogP contribution is 2.23. The number of hydrogen-bond donors (Lipinski definition) is 2. The number of likely N-dealkylation sites (tertiary alicyclic amines) is 1. The first-order valence-electron chi connectivity index (χ1n) is 6.39. The Labute approximate surface area is 111 Å². The van der Waals surface area contributed by atoms with E-state index in [-0.39, 0.29) is 11.8 Å². The van der Waals surface area contributed by atoms with Crippen LogP contribution < -0.4 is 11.1 Å². The summed E-state index contributed by atoms with van der Waals surface area (Å²) in [4.78, 5) is 19.1. The van der Waals surface area contributed by atoms with Crippen LogP contribution in [-0.2, 0) is 11.3 Å². The molecule has 2 heterocycles. The van der Waals surface area contributed by atoms with Crippen molar-refractivity contribution >= 4 is 22.4 Å². The summed E-state index contributed by atoms with van der Waals surface area (Å²) >= 11 is 1.68. The number of piperidine rings is 1. The van der Waals surface area contributed by atoms with Crippen molar-refractivity contribution in [3.8, 4) is 0 Å². The van der Waals surface area contributed by atoms with E-state index in [1.165, 1.54) is 4.88 Å². The van der Waals surface area contributed by atoms with Gasteiger partial charge in [-0.1, -0.05) is 0 Å². The zero-order chi connectivity index (χ0) is 13.0. The Bertz CT molecular complexity index is 407. The molecular weight excluding hydrogens is 248 g/mol. The van der Waals surface area contributed by atoms with Gasteiger partial charge in [-0.25, -0.2) is 4.98 Å². The minimum atomic E-state index is -0.169. The van der Waals surface area contributed by atoms with E-state index in [1.54, 1.807) is 11.3 Å². The molecule has 1 aromatic heterocycles. The number of hydrogen-bond acceptors (Lipinski definition) is 5. The van der Waals surface area contributed by atoms with Gasteiger partial charge in [-0.3, -0.25) is 9.69 Å². The summed E-state index contributed by atoms with van der Waals surface area (Å²) in [7, 11) is 0. The molecule has 1 fully saturated rings. The quantitative estimate of drug-likeness (QED) is 0.843. The molecule has 1 aliphatic rings. The number of nitrogens with zero attached hydrogens (tertiary/aromatic N) is 2. The van der Waals surface area contributed by atoms with E-state index in [2.05, 4.69) is 22.1 Å². The standard InChI is InChI=1S/C12H20N4OS/c1-2-14-12-15-6-10(18-12)8-16-5-3-4-9(7-16)11(13)17/h6,9H,2-5,7-8H2,1H3,(H2,13,17)(H,14,15). The van der Waals surface area contributed by atoms with E-state index in [1.807, 2.05) is 6.20 Å². The fourth-order valence-corrected chi connectivity index (χ4v) is 3.19. The lowest BCUT2D eigenvalue weighted by atomic mass is 9.97. The third kappa shape index (κ3) is 3.43. The van der Waals surface area contributed by atoms with Crippen LogP contribution >= 0.6 is 11.3 Å². The van der Waals surface area contributed by atoms with Gasteiger partial charge in [0.1, 0.15) is 0 Å². The number of nitrogens with two attached hydrogens (primary N) is 1. The zero-order valence-electron chi connectivity index (χ0n) is 10.7. The molecule has 18 heavy (non-hydrogen) atoms. The summed E-state index contributed by atoms with van der Waals surface area (Å²) in [6.45, 7) is 5.64. The van der Waals surface area contributed by atoms with Gasteiger partial charge < -0.3 is 11.1 Å². The van der Waals surface area contributed by atoms with Crippen LogP contribution in [0.25, 0.3) is 0 Å². The van der Waals surface area contributed by atoms with Crippen LogP contribution in [0.1, 0.15) is 24.6 Å². The number of aromatic nitrogens is 1. The predicted octanol–water partition coefficient (Wildman–Crippen LogP) is 1.27. The Morgan fingerprint density at radius 1 is 1.72 bits per heavy atom. The lowest BCUT2D eigenvalue weighted by Gasteiger charge is -2.30. The van der Waals surface area contributed by atoms with Gasteiger partial charge in [0.25, 0.3) is 0 Å². The summed E-state index contributed by atoms with van der Waals surface area (Å²) in [6.07, 6.45) is 3.89. The van der Waals surface area contributed by atoms with Gasteiger partial charge in [0, 0.05) is 30.7 Å². The van der Waals surface area contributed by atoms with Crippen molar-refractivity contribution in [2.24, 2.45) is 11.7 Å². The molecule has 0 saturated carbocycles. The Morgan fingerprint density at radius 3 is 3.28 bits per heavy atom. The van der Waals surface area contributed by atoms with E-state index in [0.29, 0.717) is 0 Å². The number of primary amides is 1. The number of anilines is 1. The summed E-state index contributed by atoms with van der Waals surface area (Å²) in [6, 6.07) is 0. The average molecular weight is 268 g/mol. The maximum atomic E-state index is 11.2. The number of carbonyl (C=O) groups excluding carboxylic acids is 1. The van der Waals surface area contributed by atoms with Crippen LogP contribution in [0.15, 0.2) is 6.20 Å². The molecule has 0 bridgehead atoms. The van der Waals surface area contributed by atoms with Crippen LogP contribution in [0.3, 0.4) is 0 Å². The fourth-order valence-electron chi connectivity index (χ4n) is 2.27. The molecule has 6 heteroatoms. The first kappa shape index (κ1) is 13.3. The Morgan fingerprint density at radius 2 is 2.56 bits per heavy atom. The number of amides is 1. The van der Waals surface area contributed by atoms with Gasteiger partial charge in [-0.2, -0.15) is 0 Å². The Hall–Kier alpha value is -1.14. The molecule has 2 rings (SSSR count). The van der Waals surface area contributed by atoms with E-state index in [9.17, 15) is 4.79 Å². The molecule has 1 saturated heterocycles. The minimum absolute atomic E-state index is 0.0138. The van der Waals surface area contributed by atoms with Crippen molar-refractivity contribution in [3.05, 3.63) is 11.1 Å². The second-order valence-electron chi connectivity index (χ2n) is 4.64. The smallest absolute Gasteiger partial charge is 0.221 e. The van der Waals surface area contributed by atoms with Crippen LogP contribution in [-0.4, -0.2) is 35.4 Å². The molecule has 5 nitrogen and oxygen atoms in total. The maximum absolute atomic E-state index is 11.2. The molecule has 3 N–H and O–H groups in total. The van der Waals surface area contributed by atoms with Crippen molar-refractivity contribution in [1.82, 2.24) is 9.88 Å². The summed E-state index contributed by atoms with van der Waals surface area (Å²) < 4.78 is 0. The Kier molecular flexibility index (Phi) is 4.54. The fraction of sp³-hybridized carbons (Fsp3) is 0.667. The monoisotopic (exact) mass is 268 g/mol. The van der Waals surface area contributed by atoms with E-state index < -0.39 is 0 Å². The van der Waals surface area contributed by atoms with Gasteiger partial charge in [-0.05, 0) is 26.3 Å². The summed E-state index contributed by atoms with van der Waals surface area (Å²) in [5, 5.41) is 4.18. The summed E-state index contributed by atoms with van der Waals surface area (Å²) in [5.74, 6) is -0.155. The number of rotatable bonds is 5. The van der Waals surface area contributed by atoms with Crippen molar-refractivity contribution < 1.29 is 4.79 Å². The second-order valence-corrected chi connectivity index (χ2v) is 5.75. The molecule has 1 aliphatic heterocycles. The Balaban J connectivity index is 1.89. The summed E-state index contributed by atoms with van der Waals surface area (Å²) in [5.41, 5.74) is 5.38. The maximum Gasteiger partial charge on any atom is 0.221 e. The van der Waals surface area contributed by atoms with Crippen LogP contribution in [0.5, 0.6) is 0 Å². The second kappa shape index (κ2) is 6.15. The molecule has 1 aromatic rings. The highest BCUT2D eigenvalue weighted by Gasteiger charge is 2.24. The minimum Gasteiger partial charge on any atom is -0.369 e. The molecule has 0 radical (unpaired) electrons. The zero-order valence-corrected chi connectivity index (χ0v) is 11.5. The molecule has 0 spiro atoms. The van der Waals surface area contributed by atoms with Crippen LogP contribution in [0.4, 0.5) is 5.13 Å². The van der Waals surface area contributed by atoms with Crippen molar-refractivity contribution in [2.45, 2.75) is 26.3 Å². The average Bonchev–Trinajstić information content (AvgIpc) is 2.77.